The van der Waals surface area contributed by atoms with Crippen LogP contribution in [0, 0.1) is 0 Å². The van der Waals surface area contributed by atoms with Gasteiger partial charge in [0.15, 0.2) is 0 Å². The molecule has 8 heteroatoms. The minimum Gasteiger partial charge on any atom is -0.467 e. The van der Waals surface area contributed by atoms with Crippen molar-refractivity contribution in [2.75, 3.05) is 26.3 Å². The number of halogens is 1. The maximum atomic E-state index is 5.55. The van der Waals surface area contributed by atoms with E-state index in [9.17, 15) is 0 Å². The van der Waals surface area contributed by atoms with Gasteiger partial charge in [-0.25, -0.2) is 0 Å². The summed E-state index contributed by atoms with van der Waals surface area (Å²) in [6, 6.07) is 10.1. The van der Waals surface area contributed by atoms with Gasteiger partial charge in [0.05, 0.1) is 25.3 Å². The summed E-state index contributed by atoms with van der Waals surface area (Å²) >= 11 is 0. The van der Waals surface area contributed by atoms with E-state index in [2.05, 4.69) is 27.2 Å². The predicted molar refractivity (Wildman–Crippen MR) is 98.7 cm³/mol. The summed E-state index contributed by atoms with van der Waals surface area (Å²) in [7, 11) is 0. The quantitative estimate of drug-likeness (QED) is 0.732. The van der Waals surface area contributed by atoms with Crippen molar-refractivity contribution in [2.45, 2.75) is 13.1 Å². The van der Waals surface area contributed by atoms with Gasteiger partial charge < -0.3 is 19.4 Å². The normalized spacial score (nSPS) is 15.0. The summed E-state index contributed by atoms with van der Waals surface area (Å²) in [5.41, 5.74) is 8.47. The van der Waals surface area contributed by atoms with Gasteiger partial charge in [0.1, 0.15) is 12.0 Å². The van der Waals surface area contributed by atoms with Crippen molar-refractivity contribution in [3.05, 3.63) is 47.9 Å². The van der Waals surface area contributed by atoms with Crippen molar-refractivity contribution in [3.8, 4) is 22.8 Å². The van der Waals surface area contributed by atoms with E-state index in [0.717, 1.165) is 44.0 Å². The Labute approximate surface area is 157 Å². The number of nitrogens with two attached hydrogens (primary N) is 1. The van der Waals surface area contributed by atoms with Gasteiger partial charge in [-0.15, -0.1) is 12.4 Å². The first-order chi connectivity index (χ1) is 12.3. The number of aromatic nitrogens is 2. The second kappa shape index (κ2) is 8.46. The number of benzene rings is 1. The van der Waals surface area contributed by atoms with Gasteiger partial charge in [0.25, 0.3) is 5.89 Å². The third-order valence-corrected chi connectivity index (χ3v) is 4.25. The average molecular weight is 377 g/mol. The highest BCUT2D eigenvalue weighted by Crippen LogP contribution is 2.24. The van der Waals surface area contributed by atoms with Gasteiger partial charge in [0, 0.05) is 25.2 Å². The number of hydrogen-bond donors (Lipinski definition) is 1. The molecule has 26 heavy (non-hydrogen) atoms. The highest BCUT2D eigenvalue weighted by molar-refractivity contribution is 5.85. The van der Waals surface area contributed by atoms with Gasteiger partial charge in [-0.2, -0.15) is 4.98 Å². The maximum absolute atomic E-state index is 5.55. The molecule has 0 saturated carbocycles. The molecule has 138 valence electrons. The van der Waals surface area contributed by atoms with E-state index in [-0.39, 0.29) is 12.4 Å². The van der Waals surface area contributed by atoms with Gasteiger partial charge in [-0.05, 0) is 11.6 Å². The molecule has 1 fully saturated rings. The number of ether oxygens (including phenoxy) is 1. The second-order valence-electron chi connectivity index (χ2n) is 6.01. The van der Waals surface area contributed by atoms with E-state index in [1.807, 2.05) is 18.2 Å². The fourth-order valence-electron chi connectivity index (χ4n) is 2.83. The van der Waals surface area contributed by atoms with E-state index >= 15 is 0 Å². The number of rotatable bonds is 5. The zero-order chi connectivity index (χ0) is 17.1. The summed E-state index contributed by atoms with van der Waals surface area (Å²) in [5, 5.41) is 4.06. The molecule has 0 atom stereocenters. The molecule has 0 radical (unpaired) electrons. The number of morpholine rings is 1. The van der Waals surface area contributed by atoms with Crippen molar-refractivity contribution in [2.24, 2.45) is 5.73 Å². The highest BCUT2D eigenvalue weighted by Gasteiger charge is 2.14. The lowest BCUT2D eigenvalue weighted by Crippen LogP contribution is -2.35. The van der Waals surface area contributed by atoms with E-state index < -0.39 is 0 Å². The minimum absolute atomic E-state index is 0. The standard InChI is InChI=1S/C18H20N4O3.ClH/c19-10-16-9-15(12-24-16)18-20-17(21-25-18)14-3-1-13(2-4-14)11-22-5-7-23-8-6-22;/h1-4,9,12H,5-8,10-11,19H2;1H. The first kappa shape index (κ1) is 18.6. The van der Waals surface area contributed by atoms with Gasteiger partial charge in [-0.3, -0.25) is 4.90 Å². The van der Waals surface area contributed by atoms with Crippen molar-refractivity contribution in [1.82, 2.24) is 15.0 Å². The van der Waals surface area contributed by atoms with Crippen LogP contribution in [0.15, 0.2) is 45.5 Å². The van der Waals surface area contributed by atoms with Crippen LogP contribution in [-0.2, 0) is 17.8 Å². The first-order valence-corrected chi connectivity index (χ1v) is 8.33. The Bertz CT molecular complexity index is 825. The molecule has 2 N–H and O–H groups in total. The molecule has 0 unspecified atom stereocenters. The molecule has 0 spiro atoms. The molecule has 4 rings (SSSR count). The topological polar surface area (TPSA) is 90.5 Å². The molecular formula is C18H21ClN4O3. The SMILES string of the molecule is Cl.NCc1cc(-c2nc(-c3ccc(CN4CCOCC4)cc3)no2)co1. The van der Waals surface area contributed by atoms with Crippen LogP contribution in [0.1, 0.15) is 11.3 Å². The molecule has 0 aliphatic carbocycles. The van der Waals surface area contributed by atoms with Gasteiger partial charge >= 0.3 is 0 Å². The summed E-state index contributed by atoms with van der Waals surface area (Å²) in [5.74, 6) is 1.67. The van der Waals surface area contributed by atoms with Gasteiger partial charge in [0.2, 0.25) is 5.82 Å². The molecule has 2 aromatic heterocycles. The van der Waals surface area contributed by atoms with E-state index in [4.69, 9.17) is 19.4 Å². The fraction of sp³-hybridized carbons (Fsp3) is 0.333. The third-order valence-electron chi connectivity index (χ3n) is 4.25. The van der Waals surface area contributed by atoms with Crippen LogP contribution in [0.2, 0.25) is 0 Å². The predicted octanol–water partition coefficient (Wildman–Crippen LogP) is 2.71. The number of hydrogen-bond acceptors (Lipinski definition) is 7. The van der Waals surface area contributed by atoms with E-state index in [0.29, 0.717) is 24.0 Å². The van der Waals surface area contributed by atoms with Crippen LogP contribution >= 0.6 is 12.4 Å². The van der Waals surface area contributed by atoms with Gasteiger partial charge in [-0.1, -0.05) is 29.4 Å². The Kier molecular flexibility index (Phi) is 6.05. The Balaban J connectivity index is 0.00000196. The van der Waals surface area contributed by atoms with E-state index in [1.54, 1.807) is 6.26 Å². The minimum atomic E-state index is 0. The molecule has 7 nitrogen and oxygen atoms in total. The monoisotopic (exact) mass is 376 g/mol. The van der Waals surface area contributed by atoms with Crippen LogP contribution in [0.4, 0.5) is 0 Å². The third kappa shape index (κ3) is 4.13. The lowest BCUT2D eigenvalue weighted by atomic mass is 10.1. The van der Waals surface area contributed by atoms with Crippen LogP contribution in [0.25, 0.3) is 22.8 Å². The fourth-order valence-corrected chi connectivity index (χ4v) is 2.83. The number of furan rings is 1. The Morgan fingerprint density at radius 1 is 1.08 bits per heavy atom. The lowest BCUT2D eigenvalue weighted by Gasteiger charge is -2.26. The summed E-state index contributed by atoms with van der Waals surface area (Å²) < 4.78 is 16.0. The number of nitrogens with zero attached hydrogens (tertiary/aromatic N) is 3. The molecule has 0 amide bonds. The van der Waals surface area contributed by atoms with Crippen molar-refractivity contribution in [3.63, 3.8) is 0 Å². The van der Waals surface area contributed by atoms with Crippen LogP contribution in [0.5, 0.6) is 0 Å². The van der Waals surface area contributed by atoms with Crippen molar-refractivity contribution >= 4 is 12.4 Å². The molecular weight excluding hydrogens is 356 g/mol. The highest BCUT2D eigenvalue weighted by atomic mass is 35.5. The zero-order valence-corrected chi connectivity index (χ0v) is 15.1. The van der Waals surface area contributed by atoms with E-state index in [1.165, 1.54) is 5.56 Å². The molecule has 1 aliphatic heterocycles. The molecule has 3 aromatic rings. The van der Waals surface area contributed by atoms with Crippen molar-refractivity contribution in [1.29, 1.82) is 0 Å². The van der Waals surface area contributed by atoms with Crippen molar-refractivity contribution < 1.29 is 13.7 Å². The second-order valence-corrected chi connectivity index (χ2v) is 6.01. The molecule has 1 saturated heterocycles. The smallest absolute Gasteiger partial charge is 0.261 e. The first-order valence-electron chi connectivity index (χ1n) is 8.33. The Morgan fingerprint density at radius 3 is 2.54 bits per heavy atom. The average Bonchev–Trinajstić information content (AvgIpc) is 3.32. The Morgan fingerprint density at radius 2 is 1.85 bits per heavy atom. The zero-order valence-electron chi connectivity index (χ0n) is 14.3. The largest absolute Gasteiger partial charge is 0.467 e. The Hall–Kier alpha value is -2.19. The lowest BCUT2D eigenvalue weighted by molar-refractivity contribution is 0.0342. The van der Waals surface area contributed by atoms with Crippen LogP contribution < -0.4 is 5.73 Å². The molecule has 0 bridgehead atoms. The summed E-state index contributed by atoms with van der Waals surface area (Å²) in [4.78, 5) is 6.83. The molecule has 1 aliphatic rings. The summed E-state index contributed by atoms with van der Waals surface area (Å²) in [6.45, 7) is 4.84. The maximum Gasteiger partial charge on any atom is 0.261 e. The van der Waals surface area contributed by atoms with Crippen LogP contribution in [-0.4, -0.2) is 41.3 Å². The molecule has 1 aromatic carbocycles. The summed E-state index contributed by atoms with van der Waals surface area (Å²) in [6.07, 6.45) is 1.57. The van der Waals surface area contributed by atoms with Crippen LogP contribution in [0.3, 0.4) is 0 Å². The molecule has 3 heterocycles.